The van der Waals surface area contributed by atoms with Gasteiger partial charge in [0.25, 0.3) is 0 Å². The molecule has 2 fully saturated rings. The summed E-state index contributed by atoms with van der Waals surface area (Å²) < 4.78 is 0. The fourth-order valence-electron chi connectivity index (χ4n) is 6.15. The van der Waals surface area contributed by atoms with E-state index in [0.29, 0.717) is 29.9 Å². The van der Waals surface area contributed by atoms with Gasteiger partial charge in [-0.1, -0.05) is 13.0 Å². The van der Waals surface area contributed by atoms with Gasteiger partial charge in [0.05, 0.1) is 5.56 Å². The maximum atomic E-state index is 12.5. The van der Waals surface area contributed by atoms with Gasteiger partial charge in [0.15, 0.2) is 0 Å². The highest BCUT2D eigenvalue weighted by atomic mass is 16.4. The largest absolute Gasteiger partial charge is 0.508 e. The van der Waals surface area contributed by atoms with Crippen LogP contribution in [0.15, 0.2) is 42.5 Å². The Kier molecular flexibility index (Phi) is 5.98. The molecule has 1 aliphatic heterocycles. The minimum absolute atomic E-state index is 0.0759. The van der Waals surface area contributed by atoms with Crippen LogP contribution in [0.4, 0.5) is 10.5 Å². The van der Waals surface area contributed by atoms with Crippen LogP contribution in [0.2, 0.25) is 0 Å². The zero-order valence-electron chi connectivity index (χ0n) is 19.6. The SMILES string of the molecule is C[C@H]1[C@H]2Cc3ccc(O)cc3[C@]1(CCNC(=O)Nc1ccc(C(=O)O)cc1)CCN2CC1CC1. The molecule has 4 N–H and O–H groups in total. The van der Waals surface area contributed by atoms with Crippen molar-refractivity contribution in [3.8, 4) is 5.75 Å². The second kappa shape index (κ2) is 8.95. The van der Waals surface area contributed by atoms with Crippen molar-refractivity contribution in [3.63, 3.8) is 0 Å². The van der Waals surface area contributed by atoms with Crippen molar-refractivity contribution in [1.82, 2.24) is 10.2 Å². The normalized spacial score (nSPS) is 25.9. The zero-order valence-corrected chi connectivity index (χ0v) is 19.6. The number of phenols is 1. The second-order valence-electron chi connectivity index (χ2n) is 10.3. The number of likely N-dealkylation sites (tertiary alicyclic amines) is 1. The van der Waals surface area contributed by atoms with Crippen molar-refractivity contribution in [3.05, 3.63) is 59.2 Å². The summed E-state index contributed by atoms with van der Waals surface area (Å²) in [5.41, 5.74) is 3.22. The van der Waals surface area contributed by atoms with Gasteiger partial charge in [-0.25, -0.2) is 9.59 Å². The van der Waals surface area contributed by atoms with E-state index in [1.807, 2.05) is 6.07 Å². The van der Waals surface area contributed by atoms with E-state index in [4.69, 9.17) is 5.11 Å². The molecule has 1 saturated carbocycles. The molecular weight excluding hydrogens is 430 g/mol. The number of hydrogen-bond donors (Lipinski definition) is 4. The monoisotopic (exact) mass is 463 g/mol. The predicted molar refractivity (Wildman–Crippen MR) is 130 cm³/mol. The van der Waals surface area contributed by atoms with Gasteiger partial charge in [0.2, 0.25) is 0 Å². The Hall–Kier alpha value is -3.06. The summed E-state index contributed by atoms with van der Waals surface area (Å²) in [6.45, 7) is 5.12. The topological polar surface area (TPSA) is 102 Å². The van der Waals surface area contributed by atoms with Gasteiger partial charge in [0.1, 0.15) is 5.75 Å². The first-order valence-electron chi connectivity index (χ1n) is 12.3. The van der Waals surface area contributed by atoms with Crippen molar-refractivity contribution in [1.29, 1.82) is 0 Å². The molecule has 0 radical (unpaired) electrons. The molecule has 2 bridgehead atoms. The molecule has 2 amide bonds. The summed E-state index contributed by atoms with van der Waals surface area (Å²) in [6, 6.07) is 12.1. The maximum absolute atomic E-state index is 12.5. The number of carboxylic acids is 1. The highest BCUT2D eigenvalue weighted by Crippen LogP contribution is 2.52. The molecule has 5 rings (SSSR count). The van der Waals surface area contributed by atoms with Crippen LogP contribution in [0, 0.1) is 11.8 Å². The van der Waals surface area contributed by atoms with E-state index in [1.54, 1.807) is 18.2 Å². The molecule has 2 aromatic carbocycles. The smallest absolute Gasteiger partial charge is 0.335 e. The number of nitrogens with zero attached hydrogens (tertiary/aromatic N) is 1. The van der Waals surface area contributed by atoms with E-state index >= 15 is 0 Å². The number of amides is 2. The summed E-state index contributed by atoms with van der Waals surface area (Å²) in [7, 11) is 0. The molecule has 1 heterocycles. The Bertz CT molecular complexity index is 1080. The molecule has 180 valence electrons. The number of hydrogen-bond acceptors (Lipinski definition) is 4. The number of urea groups is 1. The Labute approximate surface area is 200 Å². The number of nitrogens with one attached hydrogen (secondary N) is 2. The van der Waals surface area contributed by atoms with Crippen LogP contribution < -0.4 is 10.6 Å². The standard InChI is InChI=1S/C27H33N3O4/c1-17-24-14-20-6-9-22(31)15-23(20)27(17,11-13-30(24)16-18-2-3-18)10-12-28-26(34)29-21-7-4-19(5-8-21)25(32)33/h4-9,15,17-18,24,31H,2-3,10-14,16H2,1H3,(H,32,33)(H2,28,29,34)/t17-,24+,27+/m0/s1. The molecule has 2 aliphatic carbocycles. The number of rotatable bonds is 7. The van der Waals surface area contributed by atoms with E-state index in [0.717, 1.165) is 31.7 Å². The molecule has 0 aromatic heterocycles. The van der Waals surface area contributed by atoms with Gasteiger partial charge in [-0.3, -0.25) is 4.90 Å². The summed E-state index contributed by atoms with van der Waals surface area (Å²) in [4.78, 5) is 26.2. The number of carbonyl (C=O) groups is 2. The highest BCUT2D eigenvalue weighted by molar-refractivity contribution is 5.91. The van der Waals surface area contributed by atoms with Crippen LogP contribution in [0.25, 0.3) is 0 Å². The average molecular weight is 464 g/mol. The Morgan fingerprint density at radius 1 is 1.15 bits per heavy atom. The van der Waals surface area contributed by atoms with Crippen LogP contribution in [0.3, 0.4) is 0 Å². The van der Waals surface area contributed by atoms with Crippen molar-refractivity contribution in [2.75, 3.05) is 25.0 Å². The number of fused-ring (bicyclic) bond motifs is 4. The van der Waals surface area contributed by atoms with E-state index in [9.17, 15) is 14.7 Å². The van der Waals surface area contributed by atoms with Gasteiger partial charge in [-0.15, -0.1) is 0 Å². The number of carbonyl (C=O) groups excluding carboxylic acids is 1. The molecule has 3 atom stereocenters. The number of benzene rings is 2. The predicted octanol–water partition coefficient (Wildman–Crippen LogP) is 4.22. The summed E-state index contributed by atoms with van der Waals surface area (Å²) >= 11 is 0. The lowest BCUT2D eigenvalue weighted by atomic mass is 9.56. The number of anilines is 1. The summed E-state index contributed by atoms with van der Waals surface area (Å²) in [5.74, 6) is 0.600. The fourth-order valence-corrected chi connectivity index (χ4v) is 6.15. The van der Waals surface area contributed by atoms with Crippen LogP contribution in [0.5, 0.6) is 5.75 Å². The van der Waals surface area contributed by atoms with Gasteiger partial charge in [-0.2, -0.15) is 0 Å². The molecule has 0 spiro atoms. The van der Waals surface area contributed by atoms with E-state index < -0.39 is 5.97 Å². The number of aromatic hydroxyl groups is 1. The number of phenolic OH excluding ortho intramolecular Hbond substituents is 1. The number of aromatic carboxylic acids is 1. The first-order chi connectivity index (χ1) is 16.4. The van der Waals surface area contributed by atoms with Gasteiger partial charge in [-0.05, 0) is 98.0 Å². The van der Waals surface area contributed by atoms with Crippen LogP contribution in [-0.2, 0) is 11.8 Å². The van der Waals surface area contributed by atoms with Gasteiger partial charge in [0, 0.05) is 30.2 Å². The zero-order chi connectivity index (χ0) is 23.9. The lowest BCUT2D eigenvalue weighted by molar-refractivity contribution is 0.0162. The molecule has 1 saturated heterocycles. The van der Waals surface area contributed by atoms with Crippen LogP contribution >= 0.6 is 0 Å². The third kappa shape index (κ3) is 4.37. The van der Waals surface area contributed by atoms with Crippen molar-refractivity contribution in [2.24, 2.45) is 11.8 Å². The third-order valence-corrected chi connectivity index (χ3v) is 8.26. The van der Waals surface area contributed by atoms with Crippen LogP contribution in [-0.4, -0.2) is 52.8 Å². The molecule has 7 heteroatoms. The molecule has 34 heavy (non-hydrogen) atoms. The maximum Gasteiger partial charge on any atom is 0.335 e. The lowest BCUT2D eigenvalue weighted by Crippen LogP contribution is -2.60. The lowest BCUT2D eigenvalue weighted by Gasteiger charge is -2.56. The van der Waals surface area contributed by atoms with E-state index in [2.05, 4.69) is 28.5 Å². The average Bonchev–Trinajstić information content (AvgIpc) is 3.62. The summed E-state index contributed by atoms with van der Waals surface area (Å²) in [5, 5.41) is 25.1. The quantitative estimate of drug-likeness (QED) is 0.493. The number of carboxylic acid groups (broad SMARTS) is 1. The molecule has 3 aliphatic rings. The molecule has 7 nitrogen and oxygen atoms in total. The van der Waals surface area contributed by atoms with E-state index in [-0.39, 0.29) is 17.0 Å². The Morgan fingerprint density at radius 3 is 2.62 bits per heavy atom. The fraction of sp³-hybridized carbons (Fsp3) is 0.481. The second-order valence-corrected chi connectivity index (χ2v) is 10.3. The van der Waals surface area contributed by atoms with Crippen LogP contribution in [0.1, 0.15) is 54.1 Å². The van der Waals surface area contributed by atoms with Crippen molar-refractivity contribution in [2.45, 2.75) is 50.5 Å². The Morgan fingerprint density at radius 2 is 1.91 bits per heavy atom. The summed E-state index contributed by atoms with van der Waals surface area (Å²) in [6.07, 6.45) is 5.56. The van der Waals surface area contributed by atoms with Crippen molar-refractivity contribution < 1.29 is 19.8 Å². The highest BCUT2D eigenvalue weighted by Gasteiger charge is 2.51. The minimum Gasteiger partial charge on any atom is -0.508 e. The van der Waals surface area contributed by atoms with Gasteiger partial charge < -0.3 is 20.8 Å². The first-order valence-corrected chi connectivity index (χ1v) is 12.3. The molecular formula is C27H33N3O4. The van der Waals surface area contributed by atoms with Gasteiger partial charge >= 0.3 is 12.0 Å². The Balaban J connectivity index is 1.28. The first kappa shape index (κ1) is 22.7. The molecule has 2 aromatic rings. The van der Waals surface area contributed by atoms with Crippen molar-refractivity contribution >= 4 is 17.7 Å². The third-order valence-electron chi connectivity index (χ3n) is 8.26. The minimum atomic E-state index is -0.996. The number of piperidine rings is 1. The van der Waals surface area contributed by atoms with E-state index in [1.165, 1.54) is 42.6 Å². The molecule has 0 unspecified atom stereocenters.